The van der Waals surface area contributed by atoms with Gasteiger partial charge in [0.25, 0.3) is 0 Å². The number of likely N-dealkylation sites (tertiary alicyclic amines) is 1. The lowest BCUT2D eigenvalue weighted by Gasteiger charge is -2.29. The number of benzene rings is 2. The molecule has 0 radical (unpaired) electrons. The SMILES string of the molecule is COC(=O)[N@+]1(C(=O)OCc2ccccc2)C[C@H](Oc2ccc(OC)cc2)C[C@H]1C. The van der Waals surface area contributed by atoms with E-state index in [0.717, 1.165) is 11.3 Å². The van der Waals surface area contributed by atoms with Crippen molar-refractivity contribution in [3.63, 3.8) is 0 Å². The molecule has 0 bridgehead atoms. The average molecular weight is 400 g/mol. The highest BCUT2D eigenvalue weighted by Crippen LogP contribution is 2.33. The van der Waals surface area contributed by atoms with Crippen LogP contribution in [0.1, 0.15) is 18.9 Å². The average Bonchev–Trinajstić information content (AvgIpc) is 3.09. The number of quaternary nitrogens is 1. The van der Waals surface area contributed by atoms with Gasteiger partial charge in [0.05, 0.1) is 14.2 Å². The molecule has 0 unspecified atom stereocenters. The highest BCUT2D eigenvalue weighted by molar-refractivity contribution is 5.77. The van der Waals surface area contributed by atoms with Crippen molar-refractivity contribution in [3.8, 4) is 11.5 Å². The highest BCUT2D eigenvalue weighted by Gasteiger charge is 2.59. The Morgan fingerprint density at radius 2 is 1.62 bits per heavy atom. The van der Waals surface area contributed by atoms with Crippen molar-refractivity contribution in [1.29, 1.82) is 0 Å². The van der Waals surface area contributed by atoms with E-state index in [9.17, 15) is 9.59 Å². The lowest BCUT2D eigenvalue weighted by molar-refractivity contribution is -0.797. The summed E-state index contributed by atoms with van der Waals surface area (Å²) in [5.41, 5.74) is 0.849. The van der Waals surface area contributed by atoms with Crippen LogP contribution in [-0.2, 0) is 16.1 Å². The van der Waals surface area contributed by atoms with Gasteiger partial charge in [-0.05, 0) is 36.8 Å². The largest absolute Gasteiger partial charge is 0.527 e. The first-order valence-electron chi connectivity index (χ1n) is 9.47. The Balaban J connectivity index is 1.74. The zero-order chi connectivity index (χ0) is 20.9. The number of imide groups is 1. The van der Waals surface area contributed by atoms with Crippen LogP contribution in [0.2, 0.25) is 0 Å². The number of methoxy groups -OCH3 is 2. The Kier molecular flexibility index (Phi) is 6.39. The van der Waals surface area contributed by atoms with Crippen molar-refractivity contribution < 1.29 is 33.0 Å². The monoisotopic (exact) mass is 400 g/mol. The van der Waals surface area contributed by atoms with E-state index in [-0.39, 0.29) is 25.3 Å². The van der Waals surface area contributed by atoms with Gasteiger partial charge in [0.1, 0.15) is 30.7 Å². The Bertz CT molecular complexity index is 838. The quantitative estimate of drug-likeness (QED) is 0.702. The van der Waals surface area contributed by atoms with Gasteiger partial charge in [0.2, 0.25) is 0 Å². The minimum Gasteiger partial charge on any atom is -0.497 e. The molecule has 0 aliphatic carbocycles. The van der Waals surface area contributed by atoms with E-state index in [1.54, 1.807) is 31.4 Å². The number of rotatable bonds is 5. The predicted molar refractivity (Wildman–Crippen MR) is 106 cm³/mol. The van der Waals surface area contributed by atoms with Crippen molar-refractivity contribution in [2.45, 2.75) is 32.1 Å². The number of amides is 2. The lowest BCUT2D eigenvalue weighted by atomic mass is 10.2. The summed E-state index contributed by atoms with van der Waals surface area (Å²) in [4.78, 5) is 25.7. The molecule has 7 heteroatoms. The summed E-state index contributed by atoms with van der Waals surface area (Å²) in [6, 6.07) is 16.2. The van der Waals surface area contributed by atoms with E-state index in [0.29, 0.717) is 12.2 Å². The number of hydrogen-bond acceptors (Lipinski definition) is 6. The molecule has 2 amide bonds. The Hall–Kier alpha value is -3.06. The number of carbonyl (C=O) groups excluding carboxylic acids is 2. The maximum absolute atomic E-state index is 13.0. The minimum absolute atomic E-state index is 0.0907. The smallest absolute Gasteiger partial charge is 0.497 e. The van der Waals surface area contributed by atoms with Gasteiger partial charge in [-0.3, -0.25) is 0 Å². The van der Waals surface area contributed by atoms with Crippen LogP contribution in [0.5, 0.6) is 11.5 Å². The Morgan fingerprint density at radius 3 is 2.24 bits per heavy atom. The highest BCUT2D eigenvalue weighted by atomic mass is 16.6. The number of nitrogens with zero attached hydrogens (tertiary/aromatic N) is 1. The van der Waals surface area contributed by atoms with Crippen LogP contribution in [-0.4, -0.2) is 49.6 Å². The van der Waals surface area contributed by atoms with Crippen LogP contribution in [0.25, 0.3) is 0 Å². The van der Waals surface area contributed by atoms with Gasteiger partial charge in [-0.1, -0.05) is 30.3 Å². The van der Waals surface area contributed by atoms with Gasteiger partial charge in [-0.15, -0.1) is 4.48 Å². The molecule has 29 heavy (non-hydrogen) atoms. The zero-order valence-corrected chi connectivity index (χ0v) is 16.9. The first-order valence-corrected chi connectivity index (χ1v) is 9.47. The predicted octanol–water partition coefficient (Wildman–Crippen LogP) is 4.15. The molecule has 7 nitrogen and oxygen atoms in total. The maximum atomic E-state index is 13.0. The van der Waals surface area contributed by atoms with Crippen LogP contribution in [0.3, 0.4) is 0 Å². The second-order valence-corrected chi connectivity index (χ2v) is 7.06. The third-order valence-electron chi connectivity index (χ3n) is 5.24. The fourth-order valence-corrected chi connectivity index (χ4v) is 3.65. The van der Waals surface area contributed by atoms with E-state index in [4.69, 9.17) is 18.9 Å². The summed E-state index contributed by atoms with van der Waals surface area (Å²) in [6.45, 7) is 2.07. The van der Waals surface area contributed by atoms with Gasteiger partial charge >= 0.3 is 12.2 Å². The Labute approximate surface area is 170 Å². The molecule has 0 saturated carbocycles. The van der Waals surface area contributed by atoms with E-state index >= 15 is 0 Å². The molecule has 2 aromatic carbocycles. The van der Waals surface area contributed by atoms with Gasteiger partial charge in [-0.25, -0.2) is 0 Å². The number of hydrogen-bond donors (Lipinski definition) is 0. The number of ether oxygens (including phenoxy) is 4. The molecule has 1 saturated heterocycles. The summed E-state index contributed by atoms with van der Waals surface area (Å²) < 4.78 is 21.1. The maximum Gasteiger partial charge on any atom is 0.527 e. The van der Waals surface area contributed by atoms with Gasteiger partial charge < -0.3 is 18.9 Å². The van der Waals surface area contributed by atoms with E-state index in [1.807, 2.05) is 37.3 Å². The summed E-state index contributed by atoms with van der Waals surface area (Å²) in [7, 11) is 2.87. The lowest BCUT2D eigenvalue weighted by Crippen LogP contribution is -2.59. The molecule has 0 aromatic heterocycles. The first-order chi connectivity index (χ1) is 14.0. The molecule has 1 heterocycles. The second kappa shape index (κ2) is 8.96. The van der Waals surface area contributed by atoms with Crippen molar-refractivity contribution in [2.75, 3.05) is 20.8 Å². The molecule has 1 fully saturated rings. The molecule has 1 aliphatic rings. The minimum atomic E-state index is -0.642. The van der Waals surface area contributed by atoms with Crippen LogP contribution in [0.4, 0.5) is 9.59 Å². The summed E-state index contributed by atoms with van der Waals surface area (Å²) in [6.07, 6.45) is -1.09. The summed E-state index contributed by atoms with van der Waals surface area (Å²) >= 11 is 0. The van der Waals surface area contributed by atoms with E-state index < -0.39 is 16.7 Å². The molecular weight excluding hydrogens is 374 g/mol. The fourth-order valence-electron chi connectivity index (χ4n) is 3.65. The first kappa shape index (κ1) is 20.7. The van der Waals surface area contributed by atoms with Crippen LogP contribution >= 0.6 is 0 Å². The van der Waals surface area contributed by atoms with E-state index in [1.165, 1.54) is 7.11 Å². The molecule has 0 spiro atoms. The van der Waals surface area contributed by atoms with Crippen molar-refractivity contribution in [1.82, 2.24) is 0 Å². The molecule has 2 aromatic rings. The zero-order valence-electron chi connectivity index (χ0n) is 16.9. The van der Waals surface area contributed by atoms with Crippen molar-refractivity contribution >= 4 is 12.2 Å². The van der Waals surface area contributed by atoms with Gasteiger partial charge in [-0.2, -0.15) is 9.59 Å². The third-order valence-corrected chi connectivity index (χ3v) is 5.24. The molecule has 154 valence electrons. The second-order valence-electron chi connectivity index (χ2n) is 7.06. The van der Waals surface area contributed by atoms with Gasteiger partial charge in [0.15, 0.2) is 6.10 Å². The fraction of sp³-hybridized carbons (Fsp3) is 0.364. The van der Waals surface area contributed by atoms with E-state index in [2.05, 4.69) is 0 Å². The van der Waals surface area contributed by atoms with Crippen molar-refractivity contribution in [3.05, 3.63) is 60.2 Å². The summed E-state index contributed by atoms with van der Waals surface area (Å²) in [5.74, 6) is 1.37. The molecule has 1 aliphatic heterocycles. The Morgan fingerprint density at radius 1 is 0.966 bits per heavy atom. The van der Waals surface area contributed by atoms with Crippen molar-refractivity contribution in [2.24, 2.45) is 0 Å². The molecular formula is C22H26NO6+. The summed E-state index contributed by atoms with van der Waals surface area (Å²) in [5, 5.41) is 0. The third kappa shape index (κ3) is 4.35. The van der Waals surface area contributed by atoms with Gasteiger partial charge in [0, 0.05) is 6.42 Å². The standard InChI is InChI=1S/C22H26NO6/c1-16-13-20(29-19-11-9-18(26-2)10-12-19)14-23(16,21(24)27-3)22(25)28-15-17-7-5-4-6-8-17/h4-12,16,20H,13-15H2,1-3H3/q+1/t16-,20-,23+/m1/s1. The molecule has 0 N–H and O–H groups in total. The normalized spacial score (nSPS) is 23.3. The van der Waals surface area contributed by atoms with Crippen LogP contribution < -0.4 is 9.47 Å². The van der Waals surface area contributed by atoms with Crippen LogP contribution in [0, 0.1) is 0 Å². The van der Waals surface area contributed by atoms with Crippen LogP contribution in [0.15, 0.2) is 54.6 Å². The molecule has 3 atom stereocenters. The number of carbonyl (C=O) groups is 2. The molecule has 3 rings (SSSR count). The topological polar surface area (TPSA) is 71.1 Å².